The molecule has 0 aliphatic heterocycles. The van der Waals surface area contributed by atoms with E-state index in [1.807, 2.05) is 0 Å². The van der Waals surface area contributed by atoms with Gasteiger partial charge in [0, 0.05) is 19.6 Å². The number of hydrogen-bond donors (Lipinski definition) is 0. The van der Waals surface area contributed by atoms with Crippen molar-refractivity contribution >= 4 is 0 Å². The van der Waals surface area contributed by atoms with Crippen LogP contribution in [0.4, 0.5) is 0 Å². The molecule has 0 spiro atoms. The molecule has 0 unspecified atom stereocenters. The van der Waals surface area contributed by atoms with Gasteiger partial charge in [-0.3, -0.25) is 0 Å². The van der Waals surface area contributed by atoms with E-state index in [9.17, 15) is 14.4 Å². The first kappa shape index (κ1) is 20.5. The Hall–Kier alpha value is -1.59. The predicted molar refractivity (Wildman–Crippen MR) is 97.8 cm³/mol. The Morgan fingerprint density at radius 2 is 0.750 bits per heavy atom. The fourth-order valence-electron chi connectivity index (χ4n) is 2.82. The van der Waals surface area contributed by atoms with Gasteiger partial charge in [0.25, 0.3) is 0 Å². The molecule has 0 amide bonds. The standard InChI is InChI=1S/C18H33N3O3/c1-4-7-10-13-19-16(22)20(14-11-8-5-2)18(24)21(17(19)23)15-12-9-6-3/h4-15H2,1-3H3. The van der Waals surface area contributed by atoms with E-state index in [1.165, 1.54) is 13.7 Å². The number of hydrogen-bond acceptors (Lipinski definition) is 3. The molecule has 0 aliphatic carbocycles. The molecule has 1 heterocycles. The smallest absolute Gasteiger partial charge is 0.247 e. The van der Waals surface area contributed by atoms with Crippen LogP contribution in [0.1, 0.15) is 78.6 Å². The van der Waals surface area contributed by atoms with E-state index in [4.69, 9.17) is 0 Å². The van der Waals surface area contributed by atoms with Gasteiger partial charge in [-0.2, -0.15) is 0 Å². The van der Waals surface area contributed by atoms with Crippen LogP contribution in [0.2, 0.25) is 0 Å². The lowest BCUT2D eigenvalue weighted by Crippen LogP contribution is -2.54. The molecule has 0 atom stereocenters. The summed E-state index contributed by atoms with van der Waals surface area (Å²) in [6.07, 6.45) is 8.33. The molecule has 1 rings (SSSR count). The van der Waals surface area contributed by atoms with Gasteiger partial charge in [0.15, 0.2) is 0 Å². The topological polar surface area (TPSA) is 66.0 Å². The molecule has 0 bridgehead atoms. The van der Waals surface area contributed by atoms with Crippen LogP contribution < -0.4 is 17.1 Å². The van der Waals surface area contributed by atoms with Gasteiger partial charge >= 0.3 is 17.1 Å². The van der Waals surface area contributed by atoms with E-state index in [1.54, 1.807) is 0 Å². The van der Waals surface area contributed by atoms with Gasteiger partial charge in [0.2, 0.25) is 0 Å². The van der Waals surface area contributed by atoms with Gasteiger partial charge in [-0.1, -0.05) is 59.3 Å². The Bertz CT molecular complexity index is 534. The second kappa shape index (κ2) is 11.0. The minimum atomic E-state index is -0.441. The number of aromatic nitrogens is 3. The van der Waals surface area contributed by atoms with Crippen LogP contribution >= 0.6 is 0 Å². The highest BCUT2D eigenvalue weighted by atomic mass is 16.2. The van der Waals surface area contributed by atoms with Crippen molar-refractivity contribution in [3.8, 4) is 0 Å². The van der Waals surface area contributed by atoms with Crippen LogP contribution in [0.25, 0.3) is 0 Å². The molecule has 24 heavy (non-hydrogen) atoms. The van der Waals surface area contributed by atoms with Gasteiger partial charge < -0.3 is 0 Å². The molecular weight excluding hydrogens is 306 g/mol. The third-order valence-electron chi connectivity index (χ3n) is 4.34. The molecule has 0 N–H and O–H groups in total. The van der Waals surface area contributed by atoms with Crippen LogP contribution in [-0.2, 0) is 19.6 Å². The summed E-state index contributed by atoms with van der Waals surface area (Å²) in [6.45, 7) is 7.43. The third kappa shape index (κ3) is 5.49. The number of unbranched alkanes of at least 4 members (excludes halogenated alkanes) is 6. The summed E-state index contributed by atoms with van der Waals surface area (Å²) in [5.74, 6) is 0. The lowest BCUT2D eigenvalue weighted by Gasteiger charge is -2.14. The molecular formula is C18H33N3O3. The molecule has 0 aliphatic rings. The minimum Gasteiger partial charge on any atom is -0.247 e. The normalized spacial score (nSPS) is 11.1. The van der Waals surface area contributed by atoms with E-state index in [2.05, 4.69) is 20.8 Å². The van der Waals surface area contributed by atoms with Crippen molar-refractivity contribution in [3.63, 3.8) is 0 Å². The molecule has 138 valence electrons. The Balaban J connectivity index is 3.22. The number of rotatable bonds is 12. The minimum absolute atomic E-state index is 0.396. The second-order valence-corrected chi connectivity index (χ2v) is 6.42. The fraction of sp³-hybridized carbons (Fsp3) is 0.833. The Morgan fingerprint density at radius 1 is 0.500 bits per heavy atom. The van der Waals surface area contributed by atoms with Gasteiger partial charge in [-0.15, -0.1) is 0 Å². The quantitative estimate of drug-likeness (QED) is 0.550. The van der Waals surface area contributed by atoms with E-state index < -0.39 is 17.1 Å². The van der Waals surface area contributed by atoms with Gasteiger partial charge in [-0.05, 0) is 19.3 Å². The highest BCUT2D eigenvalue weighted by Crippen LogP contribution is 1.98. The summed E-state index contributed by atoms with van der Waals surface area (Å²) >= 11 is 0. The maximum Gasteiger partial charge on any atom is 0.336 e. The first-order chi connectivity index (χ1) is 11.6. The van der Waals surface area contributed by atoms with Crippen LogP contribution in [-0.4, -0.2) is 13.7 Å². The Labute approximate surface area is 144 Å². The largest absolute Gasteiger partial charge is 0.336 e. The lowest BCUT2D eigenvalue weighted by atomic mass is 10.2. The zero-order chi connectivity index (χ0) is 17.9. The maximum atomic E-state index is 12.6. The molecule has 1 aromatic rings. The van der Waals surface area contributed by atoms with E-state index in [0.717, 1.165) is 57.8 Å². The molecule has 0 aromatic carbocycles. The molecule has 6 heteroatoms. The molecule has 0 saturated carbocycles. The zero-order valence-corrected chi connectivity index (χ0v) is 15.6. The van der Waals surface area contributed by atoms with E-state index >= 15 is 0 Å². The van der Waals surface area contributed by atoms with Crippen molar-refractivity contribution < 1.29 is 0 Å². The summed E-state index contributed by atoms with van der Waals surface area (Å²) in [4.78, 5) is 37.8. The first-order valence-electron chi connectivity index (χ1n) is 9.52. The molecule has 0 saturated heterocycles. The predicted octanol–water partition coefficient (Wildman–Crippen LogP) is 2.74. The molecule has 0 radical (unpaired) electrons. The molecule has 6 nitrogen and oxygen atoms in total. The van der Waals surface area contributed by atoms with Crippen molar-refractivity contribution in [3.05, 3.63) is 31.5 Å². The first-order valence-corrected chi connectivity index (χ1v) is 9.52. The SMILES string of the molecule is CCCCCn1c(=O)n(CCCCC)c(=O)n(CCCCC)c1=O. The maximum absolute atomic E-state index is 12.6. The van der Waals surface area contributed by atoms with Gasteiger partial charge in [-0.25, -0.2) is 28.1 Å². The van der Waals surface area contributed by atoms with Crippen molar-refractivity contribution in [1.82, 2.24) is 13.7 Å². The van der Waals surface area contributed by atoms with Gasteiger partial charge in [0.05, 0.1) is 0 Å². The molecule has 1 aromatic heterocycles. The average Bonchev–Trinajstić information content (AvgIpc) is 2.57. The summed E-state index contributed by atoms with van der Waals surface area (Å²) in [5.41, 5.74) is -1.32. The van der Waals surface area contributed by atoms with Crippen molar-refractivity contribution in [2.75, 3.05) is 0 Å². The highest BCUT2D eigenvalue weighted by Gasteiger charge is 2.14. The van der Waals surface area contributed by atoms with Crippen molar-refractivity contribution in [2.45, 2.75) is 98.2 Å². The monoisotopic (exact) mass is 339 g/mol. The zero-order valence-electron chi connectivity index (χ0n) is 15.6. The van der Waals surface area contributed by atoms with Crippen LogP contribution in [0.5, 0.6) is 0 Å². The van der Waals surface area contributed by atoms with Crippen molar-refractivity contribution in [2.24, 2.45) is 0 Å². The highest BCUT2D eigenvalue weighted by molar-refractivity contribution is 4.79. The Kier molecular flexibility index (Phi) is 9.42. The van der Waals surface area contributed by atoms with Gasteiger partial charge in [0.1, 0.15) is 0 Å². The summed E-state index contributed by atoms with van der Waals surface area (Å²) in [5, 5.41) is 0. The third-order valence-corrected chi connectivity index (χ3v) is 4.34. The number of nitrogens with zero attached hydrogens (tertiary/aromatic N) is 3. The summed E-state index contributed by atoms with van der Waals surface area (Å²) in [6, 6.07) is 0. The van der Waals surface area contributed by atoms with E-state index in [0.29, 0.717) is 19.6 Å². The average molecular weight is 339 g/mol. The van der Waals surface area contributed by atoms with Crippen LogP contribution in [0, 0.1) is 0 Å². The van der Waals surface area contributed by atoms with E-state index in [-0.39, 0.29) is 0 Å². The fourth-order valence-corrected chi connectivity index (χ4v) is 2.82. The van der Waals surface area contributed by atoms with Crippen molar-refractivity contribution in [1.29, 1.82) is 0 Å². The Morgan fingerprint density at radius 3 is 0.958 bits per heavy atom. The van der Waals surface area contributed by atoms with Crippen LogP contribution in [0.3, 0.4) is 0 Å². The second-order valence-electron chi connectivity index (χ2n) is 6.42. The molecule has 0 fully saturated rings. The summed E-state index contributed by atoms with van der Waals surface area (Å²) in [7, 11) is 0. The lowest BCUT2D eigenvalue weighted by molar-refractivity contribution is 0.417. The van der Waals surface area contributed by atoms with Crippen LogP contribution in [0.15, 0.2) is 14.4 Å². The summed E-state index contributed by atoms with van der Waals surface area (Å²) < 4.78 is 3.78.